The zero-order chi connectivity index (χ0) is 32.7. The third-order valence-corrected chi connectivity index (χ3v) is 15.7. The molecule has 5 nitrogen and oxygen atoms in total. The number of carboxylic acid groups (broad SMARTS) is 1. The monoisotopic (exact) mass is 653 g/mol. The Labute approximate surface area is 274 Å². The van der Waals surface area contributed by atoms with Crippen molar-refractivity contribution in [3.05, 3.63) is 11.1 Å². The Bertz CT molecular complexity index is 1110. The van der Waals surface area contributed by atoms with Crippen LogP contribution in [0.1, 0.15) is 132 Å². The SMILES string of the molecule is C[C@H](CCCC(C)(C)OC(=O)CCSSCCC(=O)O)[C@H]1CC[C@@]2(C)C3=C(CC[C@]12C)[C@@]1(C)CC(F)C(N)C(C)(C)[C@@H]1CC3. The molecule has 3 N–H and O–H groups in total. The number of hydrogen-bond donors (Lipinski definition) is 2. The first-order chi connectivity index (χ1) is 20.4. The number of alkyl halides is 1. The molecule has 2 saturated carbocycles. The van der Waals surface area contributed by atoms with E-state index in [0.29, 0.717) is 42.1 Å². The molecule has 8 atom stereocenters. The highest BCUT2D eigenvalue weighted by atomic mass is 33.1. The summed E-state index contributed by atoms with van der Waals surface area (Å²) >= 11 is 0. The van der Waals surface area contributed by atoms with E-state index in [1.165, 1.54) is 40.9 Å². The topological polar surface area (TPSA) is 89.6 Å². The number of allylic oxidation sites excluding steroid dienone is 2. The van der Waals surface area contributed by atoms with Crippen LogP contribution < -0.4 is 5.73 Å². The molecule has 0 bridgehead atoms. The summed E-state index contributed by atoms with van der Waals surface area (Å²) in [6, 6.07) is -0.377. The molecule has 4 aliphatic carbocycles. The molecule has 2 fully saturated rings. The van der Waals surface area contributed by atoms with E-state index < -0.39 is 17.7 Å². The summed E-state index contributed by atoms with van der Waals surface area (Å²) in [5, 5.41) is 8.73. The van der Waals surface area contributed by atoms with Crippen LogP contribution in [0.3, 0.4) is 0 Å². The van der Waals surface area contributed by atoms with Crippen molar-refractivity contribution in [3.63, 3.8) is 0 Å². The average Bonchev–Trinajstić information content (AvgIpc) is 3.20. The van der Waals surface area contributed by atoms with Gasteiger partial charge in [0, 0.05) is 17.5 Å². The molecule has 0 radical (unpaired) electrons. The standard InChI is InChI=1S/C36H60FNO4S2/c1-23(10-9-17-32(2,3)42-30(41)16-21-44-43-20-15-29(39)40)24-13-18-36(8)26-11-12-28-33(4,5)31(38)27(37)22-34(28,6)25(26)14-19-35(24,36)7/h23-24,27-28,31H,9-22,38H2,1-8H3,(H,39,40)/t23-,24-,27?,28+,31?,34-,35-,36+/m1/s1. The number of aliphatic carboxylic acids is 1. The minimum absolute atomic E-state index is 0.0820. The lowest BCUT2D eigenvalue weighted by molar-refractivity contribution is -0.156. The summed E-state index contributed by atoms with van der Waals surface area (Å²) in [5.41, 5.74) is 9.43. The number of halogens is 1. The van der Waals surface area contributed by atoms with Crippen molar-refractivity contribution in [2.75, 3.05) is 11.5 Å². The molecule has 4 rings (SSSR count). The molecular weight excluding hydrogens is 594 g/mol. The second-order valence-electron chi connectivity index (χ2n) is 16.6. The molecule has 0 heterocycles. The van der Waals surface area contributed by atoms with Gasteiger partial charge in [-0.05, 0) is 111 Å². The van der Waals surface area contributed by atoms with Crippen LogP contribution in [0, 0.1) is 39.4 Å². The lowest BCUT2D eigenvalue weighted by atomic mass is 9.43. The average molecular weight is 654 g/mol. The maximum atomic E-state index is 15.5. The van der Waals surface area contributed by atoms with Crippen molar-refractivity contribution >= 4 is 33.5 Å². The summed E-state index contributed by atoms with van der Waals surface area (Å²) in [7, 11) is 3.03. The maximum Gasteiger partial charge on any atom is 0.307 e. The molecule has 0 spiro atoms. The Hall–Kier alpha value is -0.730. The first-order valence-electron chi connectivity index (χ1n) is 17.2. The van der Waals surface area contributed by atoms with E-state index in [9.17, 15) is 9.59 Å². The van der Waals surface area contributed by atoms with Crippen molar-refractivity contribution < 1.29 is 23.8 Å². The molecule has 0 aromatic rings. The van der Waals surface area contributed by atoms with Gasteiger partial charge in [0.05, 0.1) is 12.8 Å². The van der Waals surface area contributed by atoms with Crippen molar-refractivity contribution in [1.82, 2.24) is 0 Å². The second kappa shape index (κ2) is 13.4. The van der Waals surface area contributed by atoms with Crippen molar-refractivity contribution in [3.8, 4) is 0 Å². The molecule has 0 aromatic heterocycles. The third kappa shape index (κ3) is 6.79. The van der Waals surface area contributed by atoms with Crippen molar-refractivity contribution in [2.24, 2.45) is 45.1 Å². The molecule has 44 heavy (non-hydrogen) atoms. The molecule has 8 heteroatoms. The number of carboxylic acids is 1. The molecule has 2 unspecified atom stereocenters. The van der Waals surface area contributed by atoms with Gasteiger partial charge >= 0.3 is 11.9 Å². The largest absolute Gasteiger partial charge is 0.481 e. The van der Waals surface area contributed by atoms with Gasteiger partial charge in [0.1, 0.15) is 11.8 Å². The van der Waals surface area contributed by atoms with Crippen LogP contribution in [-0.2, 0) is 14.3 Å². The smallest absolute Gasteiger partial charge is 0.307 e. The van der Waals surface area contributed by atoms with Crippen LogP contribution in [0.5, 0.6) is 0 Å². The molecule has 0 aromatic carbocycles. The van der Waals surface area contributed by atoms with Crippen LogP contribution in [0.15, 0.2) is 11.1 Å². The number of carbonyl (C=O) groups excluding carboxylic acids is 1. The fourth-order valence-corrected chi connectivity index (χ4v) is 12.5. The Morgan fingerprint density at radius 2 is 1.70 bits per heavy atom. The highest BCUT2D eigenvalue weighted by Gasteiger charge is 2.64. The Morgan fingerprint density at radius 3 is 2.36 bits per heavy atom. The van der Waals surface area contributed by atoms with E-state index in [1.54, 1.807) is 11.1 Å². The zero-order valence-electron chi connectivity index (χ0n) is 28.7. The van der Waals surface area contributed by atoms with E-state index in [1.807, 2.05) is 13.8 Å². The summed E-state index contributed by atoms with van der Waals surface area (Å²) in [4.78, 5) is 23.1. The van der Waals surface area contributed by atoms with Gasteiger partial charge in [0.2, 0.25) is 0 Å². The van der Waals surface area contributed by atoms with Crippen molar-refractivity contribution in [1.29, 1.82) is 0 Å². The van der Waals surface area contributed by atoms with Gasteiger partial charge in [0.25, 0.3) is 0 Å². The van der Waals surface area contributed by atoms with Crippen molar-refractivity contribution in [2.45, 2.75) is 150 Å². The zero-order valence-corrected chi connectivity index (χ0v) is 30.4. The molecule has 0 saturated heterocycles. The van der Waals surface area contributed by atoms with E-state index in [-0.39, 0.29) is 40.1 Å². The summed E-state index contributed by atoms with van der Waals surface area (Å²) < 4.78 is 21.3. The minimum atomic E-state index is -0.938. The second-order valence-corrected chi connectivity index (χ2v) is 19.3. The van der Waals surface area contributed by atoms with Crippen LogP contribution in [-0.4, -0.2) is 46.4 Å². The molecule has 4 aliphatic rings. The fraction of sp³-hybridized carbons (Fsp3) is 0.889. The van der Waals surface area contributed by atoms with Gasteiger partial charge in [0.15, 0.2) is 0 Å². The van der Waals surface area contributed by atoms with Crippen LogP contribution in [0.25, 0.3) is 0 Å². The van der Waals surface area contributed by atoms with Crippen LogP contribution in [0.4, 0.5) is 4.39 Å². The number of carbonyl (C=O) groups is 2. The highest BCUT2D eigenvalue weighted by Crippen LogP contribution is 2.72. The van der Waals surface area contributed by atoms with E-state index >= 15 is 4.39 Å². The number of rotatable bonds is 13. The van der Waals surface area contributed by atoms with E-state index in [2.05, 4.69) is 41.5 Å². The van der Waals surface area contributed by atoms with Gasteiger partial charge in [-0.15, -0.1) is 0 Å². The Morgan fingerprint density at radius 1 is 1.05 bits per heavy atom. The number of fused-ring (bicyclic) bond motifs is 4. The van der Waals surface area contributed by atoms with E-state index in [0.717, 1.165) is 38.5 Å². The predicted octanol–water partition coefficient (Wildman–Crippen LogP) is 9.39. The number of hydrogen-bond acceptors (Lipinski definition) is 6. The van der Waals surface area contributed by atoms with Gasteiger partial charge in [-0.25, -0.2) is 4.39 Å². The third-order valence-electron chi connectivity index (χ3n) is 13.3. The summed E-state index contributed by atoms with van der Waals surface area (Å²) in [6.45, 7) is 18.4. The fourth-order valence-electron chi connectivity index (χ4n) is 10.6. The molecular formula is C36H60FNO4S2. The Balaban J connectivity index is 1.33. The van der Waals surface area contributed by atoms with Crippen LogP contribution in [0.2, 0.25) is 0 Å². The summed E-state index contributed by atoms with van der Waals surface area (Å²) in [5.74, 6) is 1.92. The number of esters is 1. The first-order valence-corrected chi connectivity index (χ1v) is 19.7. The van der Waals surface area contributed by atoms with E-state index in [4.69, 9.17) is 15.6 Å². The highest BCUT2D eigenvalue weighted by molar-refractivity contribution is 8.76. The quantitative estimate of drug-likeness (QED) is 0.0886. The normalized spacial score (nSPS) is 37.1. The molecule has 252 valence electrons. The number of ether oxygens (including phenoxy) is 1. The lowest BCUT2D eigenvalue weighted by Crippen LogP contribution is -2.61. The summed E-state index contributed by atoms with van der Waals surface area (Å²) in [6.07, 6.45) is 10.2. The van der Waals surface area contributed by atoms with Gasteiger partial charge in [-0.2, -0.15) is 0 Å². The first kappa shape index (κ1) is 36.1. The Kier molecular flexibility index (Phi) is 11.0. The van der Waals surface area contributed by atoms with Gasteiger partial charge in [-0.3, -0.25) is 9.59 Å². The van der Waals surface area contributed by atoms with Gasteiger partial charge in [-0.1, -0.05) is 80.7 Å². The van der Waals surface area contributed by atoms with Crippen LogP contribution >= 0.6 is 21.6 Å². The lowest BCUT2D eigenvalue weighted by Gasteiger charge is -2.63. The predicted molar refractivity (Wildman–Crippen MR) is 182 cm³/mol. The minimum Gasteiger partial charge on any atom is -0.481 e. The molecule has 0 amide bonds. The number of nitrogens with two attached hydrogens (primary N) is 1. The van der Waals surface area contributed by atoms with Gasteiger partial charge < -0.3 is 15.6 Å². The molecule has 0 aliphatic heterocycles. The maximum absolute atomic E-state index is 15.5.